The largest absolute Gasteiger partial charge is 0.466 e. The molecule has 1 aliphatic heterocycles. The van der Waals surface area contributed by atoms with Gasteiger partial charge < -0.3 is 13.6 Å². The Morgan fingerprint density at radius 2 is 2.43 bits per heavy atom. The minimum absolute atomic E-state index is 0.0886. The lowest BCUT2D eigenvalue weighted by atomic mass is 9.99. The van der Waals surface area contributed by atoms with E-state index < -0.39 is 0 Å². The van der Waals surface area contributed by atoms with Crippen LogP contribution in [0.2, 0.25) is 0 Å². The number of piperidine rings is 1. The van der Waals surface area contributed by atoms with Crippen molar-refractivity contribution in [1.82, 2.24) is 14.7 Å². The normalized spacial score (nSPS) is 18.9. The summed E-state index contributed by atoms with van der Waals surface area (Å²) in [6.07, 6.45) is 3.36. The molecule has 0 saturated carbocycles. The van der Waals surface area contributed by atoms with Crippen LogP contribution < -0.4 is 0 Å². The number of hydrogen-bond donors (Lipinski definition) is 0. The Hall–Kier alpha value is -1.93. The molecule has 7 nitrogen and oxygen atoms in total. The highest BCUT2D eigenvalue weighted by Crippen LogP contribution is 2.21. The first-order valence-corrected chi connectivity index (χ1v) is 8.09. The predicted octanol–water partition coefficient (Wildman–Crippen LogP) is 2.70. The second-order valence-electron chi connectivity index (χ2n) is 5.46. The molecule has 0 bridgehead atoms. The molecular weight excluding hydrogens is 318 g/mol. The third-order valence-electron chi connectivity index (χ3n) is 3.80. The summed E-state index contributed by atoms with van der Waals surface area (Å²) >= 11 is 5.21. The smallest absolute Gasteiger partial charge is 0.310 e. The zero-order valence-corrected chi connectivity index (χ0v) is 13.8. The van der Waals surface area contributed by atoms with Crippen molar-refractivity contribution in [2.75, 3.05) is 19.7 Å². The number of aromatic nitrogens is 2. The van der Waals surface area contributed by atoms with Crippen molar-refractivity contribution in [3.63, 3.8) is 0 Å². The summed E-state index contributed by atoms with van der Waals surface area (Å²) in [5, 5.41) is 4.35. The number of carbonyl (C=O) groups excluding carboxylic acids is 1. The lowest BCUT2D eigenvalue weighted by Crippen LogP contribution is -2.40. The summed E-state index contributed by atoms with van der Waals surface area (Å²) in [6, 6.07) is 3.53. The van der Waals surface area contributed by atoms with E-state index in [1.165, 1.54) is 0 Å². The van der Waals surface area contributed by atoms with Gasteiger partial charge in [0.25, 0.3) is 10.7 Å². The predicted molar refractivity (Wildman–Crippen MR) is 84.0 cm³/mol. The van der Waals surface area contributed by atoms with Crippen molar-refractivity contribution in [1.29, 1.82) is 0 Å². The Morgan fingerprint density at radius 1 is 1.57 bits per heavy atom. The Bertz CT molecular complexity index is 707. The molecule has 0 spiro atoms. The lowest BCUT2D eigenvalue weighted by Gasteiger charge is -2.30. The first-order chi connectivity index (χ1) is 11.2. The maximum Gasteiger partial charge on any atom is 0.310 e. The Labute approximate surface area is 138 Å². The number of esters is 1. The molecule has 0 radical (unpaired) electrons. The van der Waals surface area contributed by atoms with E-state index in [0.29, 0.717) is 31.5 Å². The molecule has 1 aliphatic rings. The first kappa shape index (κ1) is 15.9. The van der Waals surface area contributed by atoms with Crippen molar-refractivity contribution >= 4 is 18.2 Å². The zero-order chi connectivity index (χ0) is 16.2. The summed E-state index contributed by atoms with van der Waals surface area (Å²) in [5.74, 6) is 0.684. The molecular formula is C15H19N3O4S. The van der Waals surface area contributed by atoms with E-state index in [0.717, 1.165) is 19.4 Å². The van der Waals surface area contributed by atoms with Crippen molar-refractivity contribution in [3.8, 4) is 11.7 Å². The molecule has 2 aromatic heterocycles. The molecule has 124 valence electrons. The molecule has 3 heterocycles. The second-order valence-corrected chi connectivity index (χ2v) is 5.81. The molecule has 1 atom stereocenters. The number of rotatable bonds is 5. The van der Waals surface area contributed by atoms with Crippen LogP contribution in [-0.4, -0.2) is 40.3 Å². The van der Waals surface area contributed by atoms with Crippen molar-refractivity contribution in [2.45, 2.75) is 26.4 Å². The van der Waals surface area contributed by atoms with E-state index in [1.54, 1.807) is 23.1 Å². The van der Waals surface area contributed by atoms with Crippen LogP contribution in [0.5, 0.6) is 0 Å². The average molecular weight is 337 g/mol. The third kappa shape index (κ3) is 3.70. The molecule has 1 fully saturated rings. The van der Waals surface area contributed by atoms with Crippen LogP contribution in [0.4, 0.5) is 0 Å². The highest BCUT2D eigenvalue weighted by molar-refractivity contribution is 7.71. The summed E-state index contributed by atoms with van der Waals surface area (Å²) in [5.41, 5.74) is 0. The van der Waals surface area contributed by atoms with Gasteiger partial charge in [-0.3, -0.25) is 9.69 Å². The van der Waals surface area contributed by atoms with Gasteiger partial charge in [0.15, 0.2) is 5.76 Å². The van der Waals surface area contributed by atoms with Crippen LogP contribution >= 0.6 is 12.2 Å². The monoisotopic (exact) mass is 337 g/mol. The fourth-order valence-electron chi connectivity index (χ4n) is 2.72. The van der Waals surface area contributed by atoms with Gasteiger partial charge in [0.1, 0.15) is 0 Å². The number of furan rings is 1. The zero-order valence-electron chi connectivity index (χ0n) is 12.9. The Balaban J connectivity index is 1.67. The SMILES string of the molecule is CCOC(=O)[C@@H]1CCCN(Cn2nc(-c3ccco3)oc2=S)C1. The van der Waals surface area contributed by atoms with Crippen LogP contribution in [-0.2, 0) is 16.2 Å². The molecule has 0 N–H and O–H groups in total. The number of likely N-dealkylation sites (tertiary alicyclic amines) is 1. The quantitative estimate of drug-likeness (QED) is 0.613. The van der Waals surface area contributed by atoms with Gasteiger partial charge >= 0.3 is 5.97 Å². The van der Waals surface area contributed by atoms with Gasteiger partial charge in [0.05, 0.1) is 25.5 Å². The number of carbonyl (C=O) groups is 1. The van der Waals surface area contributed by atoms with Gasteiger partial charge in [-0.2, -0.15) is 0 Å². The lowest BCUT2D eigenvalue weighted by molar-refractivity contribution is -0.150. The maximum atomic E-state index is 11.9. The molecule has 0 aliphatic carbocycles. The van der Waals surface area contributed by atoms with Crippen LogP contribution in [0, 0.1) is 10.8 Å². The van der Waals surface area contributed by atoms with Crippen molar-refractivity contribution in [3.05, 3.63) is 23.2 Å². The van der Waals surface area contributed by atoms with E-state index in [2.05, 4.69) is 10.00 Å². The molecule has 0 aromatic carbocycles. The fourth-order valence-corrected chi connectivity index (χ4v) is 2.90. The molecule has 8 heteroatoms. The molecule has 3 rings (SSSR count). The van der Waals surface area contributed by atoms with Gasteiger partial charge in [-0.15, -0.1) is 5.10 Å². The fraction of sp³-hybridized carbons (Fsp3) is 0.533. The second kappa shape index (κ2) is 7.10. The Kier molecular flexibility index (Phi) is 4.92. The summed E-state index contributed by atoms with van der Waals surface area (Å²) in [7, 11) is 0. The maximum absolute atomic E-state index is 11.9. The first-order valence-electron chi connectivity index (χ1n) is 7.68. The van der Waals surface area contributed by atoms with Crippen LogP contribution in [0.15, 0.2) is 27.2 Å². The minimum atomic E-state index is -0.128. The van der Waals surface area contributed by atoms with Gasteiger partial charge in [-0.05, 0) is 50.7 Å². The van der Waals surface area contributed by atoms with E-state index >= 15 is 0 Å². The minimum Gasteiger partial charge on any atom is -0.466 e. The van der Waals surface area contributed by atoms with Gasteiger partial charge in [-0.1, -0.05) is 0 Å². The molecule has 0 unspecified atom stereocenters. The number of hydrogen-bond acceptors (Lipinski definition) is 7. The molecule has 2 aromatic rings. The van der Waals surface area contributed by atoms with Crippen LogP contribution in [0.25, 0.3) is 11.7 Å². The van der Waals surface area contributed by atoms with Crippen molar-refractivity contribution in [2.24, 2.45) is 5.92 Å². The molecule has 1 saturated heterocycles. The standard InChI is InChI=1S/C15H19N3O4S/c1-2-20-14(19)11-5-3-7-17(9-11)10-18-15(23)22-13(16-18)12-6-4-8-21-12/h4,6,8,11H,2-3,5,7,9-10H2,1H3/t11-/m1/s1. The van der Waals surface area contributed by atoms with E-state index in [4.69, 9.17) is 25.8 Å². The molecule has 0 amide bonds. The third-order valence-corrected chi connectivity index (χ3v) is 4.09. The van der Waals surface area contributed by atoms with Crippen LogP contribution in [0.1, 0.15) is 19.8 Å². The van der Waals surface area contributed by atoms with Gasteiger partial charge in [0.2, 0.25) is 0 Å². The average Bonchev–Trinajstić information content (AvgIpc) is 3.18. The summed E-state index contributed by atoms with van der Waals surface area (Å²) in [4.78, 5) is 14.3. The molecule has 23 heavy (non-hydrogen) atoms. The van der Waals surface area contributed by atoms with E-state index in [1.807, 2.05) is 6.92 Å². The summed E-state index contributed by atoms with van der Waals surface area (Å²) < 4.78 is 17.5. The number of ether oxygens (including phenoxy) is 1. The highest BCUT2D eigenvalue weighted by Gasteiger charge is 2.27. The highest BCUT2D eigenvalue weighted by atomic mass is 32.1. The van der Waals surface area contributed by atoms with E-state index in [9.17, 15) is 4.79 Å². The topological polar surface area (TPSA) is 73.6 Å². The van der Waals surface area contributed by atoms with Crippen LogP contribution in [0.3, 0.4) is 0 Å². The van der Waals surface area contributed by atoms with Gasteiger partial charge in [-0.25, -0.2) is 4.68 Å². The van der Waals surface area contributed by atoms with Gasteiger partial charge in [0, 0.05) is 6.54 Å². The summed E-state index contributed by atoms with van der Waals surface area (Å²) in [6.45, 7) is 4.25. The number of nitrogens with zero attached hydrogens (tertiary/aromatic N) is 3. The Morgan fingerprint density at radius 3 is 3.17 bits per heavy atom. The van der Waals surface area contributed by atoms with E-state index in [-0.39, 0.29) is 16.7 Å². The van der Waals surface area contributed by atoms with Crippen molar-refractivity contribution < 1.29 is 18.4 Å².